The van der Waals surface area contributed by atoms with Crippen LogP contribution in [-0.4, -0.2) is 13.7 Å². The summed E-state index contributed by atoms with van der Waals surface area (Å²) in [7, 11) is 2.13. The third-order valence-corrected chi connectivity index (χ3v) is 5.00. The van der Waals surface area contributed by atoms with E-state index in [0.29, 0.717) is 12.2 Å². The van der Waals surface area contributed by atoms with Gasteiger partial charge >= 0.3 is 5.63 Å². The maximum absolute atomic E-state index is 12.1. The molecule has 1 N–H and O–H groups in total. The van der Waals surface area contributed by atoms with Gasteiger partial charge in [-0.15, -0.1) is 0 Å². The molecule has 4 heteroatoms. The van der Waals surface area contributed by atoms with Crippen LogP contribution in [0, 0.1) is 0 Å². The van der Waals surface area contributed by atoms with E-state index in [9.17, 15) is 4.79 Å². The van der Waals surface area contributed by atoms with Crippen LogP contribution in [-0.2, 0) is 13.1 Å². The van der Waals surface area contributed by atoms with Crippen LogP contribution in [0.3, 0.4) is 0 Å². The third kappa shape index (κ3) is 4.23. The van der Waals surface area contributed by atoms with E-state index in [2.05, 4.69) is 37.9 Å². The van der Waals surface area contributed by atoms with E-state index in [4.69, 9.17) is 9.15 Å². The van der Waals surface area contributed by atoms with E-state index >= 15 is 0 Å². The minimum atomic E-state index is -0.306. The Bertz CT molecular complexity index is 1210. The number of quaternary nitrogens is 1. The third-order valence-electron chi connectivity index (χ3n) is 5.00. The van der Waals surface area contributed by atoms with Gasteiger partial charge in [0.1, 0.15) is 31.0 Å². The Balaban J connectivity index is 1.61. The molecule has 0 saturated carbocycles. The number of fused-ring (bicyclic) bond motifs is 3. The second kappa shape index (κ2) is 8.33. The first-order valence-electron chi connectivity index (χ1n) is 9.72. The summed E-state index contributed by atoms with van der Waals surface area (Å²) in [5.74, 6) is 0.837. The highest BCUT2D eigenvalue weighted by atomic mass is 16.5. The van der Waals surface area contributed by atoms with Crippen molar-refractivity contribution in [2.75, 3.05) is 13.7 Å². The summed E-state index contributed by atoms with van der Waals surface area (Å²) in [5.41, 5.74) is 2.56. The standard InChI is InChI=1S/C25H23NO3/c1-3-14-28-21-11-8-18(9-12-21)16-26(2)17-20-15-24(27)29-23-13-10-19-6-4-5-7-22(19)25(20)23/h3-13,15H,1,14,16-17H2,2H3/p+1. The lowest BCUT2D eigenvalue weighted by molar-refractivity contribution is -0.907. The van der Waals surface area contributed by atoms with Crippen molar-refractivity contribution in [1.29, 1.82) is 0 Å². The molecule has 0 bridgehead atoms. The van der Waals surface area contributed by atoms with E-state index in [1.54, 1.807) is 12.1 Å². The topological polar surface area (TPSA) is 43.9 Å². The molecule has 0 saturated heterocycles. The van der Waals surface area contributed by atoms with E-state index in [-0.39, 0.29) is 5.63 Å². The number of hydrogen-bond donors (Lipinski definition) is 1. The molecule has 1 atom stereocenters. The van der Waals surface area contributed by atoms with Gasteiger partial charge in [-0.1, -0.05) is 43.0 Å². The molecule has 0 radical (unpaired) electrons. The average Bonchev–Trinajstić information content (AvgIpc) is 2.72. The van der Waals surface area contributed by atoms with Crippen LogP contribution in [0.1, 0.15) is 11.1 Å². The van der Waals surface area contributed by atoms with Gasteiger partial charge < -0.3 is 14.1 Å². The Kier molecular flexibility index (Phi) is 5.45. The molecule has 146 valence electrons. The first-order valence-corrected chi connectivity index (χ1v) is 9.72. The van der Waals surface area contributed by atoms with Gasteiger partial charge in [0.15, 0.2) is 0 Å². The molecular formula is C25H24NO3+. The lowest BCUT2D eigenvalue weighted by Gasteiger charge is -2.16. The molecule has 4 nitrogen and oxygen atoms in total. The van der Waals surface area contributed by atoms with Crippen molar-refractivity contribution < 1.29 is 14.1 Å². The molecule has 4 aromatic rings. The minimum absolute atomic E-state index is 0.306. The Morgan fingerprint density at radius 3 is 2.62 bits per heavy atom. The first kappa shape index (κ1) is 19.0. The molecule has 0 aliphatic heterocycles. The van der Waals surface area contributed by atoms with Gasteiger partial charge in [0.25, 0.3) is 0 Å². The second-order valence-corrected chi connectivity index (χ2v) is 7.30. The van der Waals surface area contributed by atoms with Gasteiger partial charge in [-0.2, -0.15) is 0 Å². The zero-order valence-corrected chi connectivity index (χ0v) is 16.5. The highest BCUT2D eigenvalue weighted by molar-refractivity contribution is 6.06. The summed E-state index contributed by atoms with van der Waals surface area (Å²) in [6.45, 7) is 5.73. The fourth-order valence-electron chi connectivity index (χ4n) is 3.75. The number of ether oxygens (including phenoxy) is 1. The van der Waals surface area contributed by atoms with Gasteiger partial charge in [0, 0.05) is 22.6 Å². The summed E-state index contributed by atoms with van der Waals surface area (Å²) >= 11 is 0. The molecule has 0 aliphatic rings. The maximum Gasteiger partial charge on any atom is 0.336 e. The molecule has 4 rings (SSSR count). The van der Waals surface area contributed by atoms with Crippen molar-refractivity contribution in [3.63, 3.8) is 0 Å². The summed E-state index contributed by atoms with van der Waals surface area (Å²) < 4.78 is 11.0. The van der Waals surface area contributed by atoms with Gasteiger partial charge in [-0.3, -0.25) is 0 Å². The van der Waals surface area contributed by atoms with Gasteiger partial charge in [0.2, 0.25) is 0 Å². The van der Waals surface area contributed by atoms with Crippen molar-refractivity contribution in [3.8, 4) is 5.75 Å². The summed E-state index contributed by atoms with van der Waals surface area (Å²) in [4.78, 5) is 13.4. The fourth-order valence-corrected chi connectivity index (χ4v) is 3.75. The largest absolute Gasteiger partial charge is 0.490 e. The van der Waals surface area contributed by atoms with Crippen molar-refractivity contribution >= 4 is 21.7 Å². The minimum Gasteiger partial charge on any atom is -0.490 e. The molecule has 0 amide bonds. The van der Waals surface area contributed by atoms with Crippen molar-refractivity contribution in [2.24, 2.45) is 0 Å². The number of rotatable bonds is 7. The smallest absolute Gasteiger partial charge is 0.336 e. The lowest BCUT2D eigenvalue weighted by atomic mass is 10.0. The monoisotopic (exact) mass is 386 g/mol. The zero-order chi connectivity index (χ0) is 20.2. The second-order valence-electron chi connectivity index (χ2n) is 7.30. The summed E-state index contributed by atoms with van der Waals surface area (Å²) in [6.07, 6.45) is 1.73. The average molecular weight is 386 g/mol. The van der Waals surface area contributed by atoms with E-state index < -0.39 is 0 Å². The number of nitrogens with one attached hydrogen (secondary N) is 1. The van der Waals surface area contributed by atoms with Crippen molar-refractivity contribution in [3.05, 3.63) is 101 Å². The quantitative estimate of drug-likeness (QED) is 0.299. The molecule has 29 heavy (non-hydrogen) atoms. The van der Waals surface area contributed by atoms with Crippen LogP contribution < -0.4 is 15.3 Å². The van der Waals surface area contributed by atoms with Crippen LogP contribution >= 0.6 is 0 Å². The van der Waals surface area contributed by atoms with Crippen molar-refractivity contribution in [1.82, 2.24) is 0 Å². The van der Waals surface area contributed by atoms with Gasteiger partial charge in [-0.05, 0) is 41.1 Å². The summed E-state index contributed by atoms with van der Waals surface area (Å²) in [6, 6.07) is 21.8. The van der Waals surface area contributed by atoms with Crippen LogP contribution in [0.15, 0.2) is 88.6 Å². The highest BCUT2D eigenvalue weighted by Crippen LogP contribution is 2.27. The van der Waals surface area contributed by atoms with Crippen LogP contribution in [0.4, 0.5) is 0 Å². The van der Waals surface area contributed by atoms with Gasteiger partial charge in [-0.25, -0.2) is 4.79 Å². The summed E-state index contributed by atoms with van der Waals surface area (Å²) in [5, 5.41) is 3.28. The Labute approximate surface area is 169 Å². The molecule has 0 spiro atoms. The first-order chi connectivity index (χ1) is 14.1. The Morgan fingerprint density at radius 2 is 1.83 bits per heavy atom. The van der Waals surface area contributed by atoms with Crippen LogP contribution in [0.5, 0.6) is 5.75 Å². The lowest BCUT2D eigenvalue weighted by Crippen LogP contribution is -3.06. The molecular weight excluding hydrogens is 362 g/mol. The van der Waals surface area contributed by atoms with E-state index in [1.807, 2.05) is 36.4 Å². The van der Waals surface area contributed by atoms with E-state index in [1.165, 1.54) is 10.5 Å². The maximum atomic E-state index is 12.1. The Hall–Kier alpha value is -3.37. The SMILES string of the molecule is C=CCOc1ccc(C[NH+](C)Cc2cc(=O)oc3ccc4ccccc4c23)cc1. The molecule has 1 unspecified atom stereocenters. The molecule has 0 fully saturated rings. The predicted molar refractivity (Wildman–Crippen MR) is 116 cm³/mol. The number of benzene rings is 3. The van der Waals surface area contributed by atoms with E-state index in [0.717, 1.165) is 40.6 Å². The molecule has 0 aliphatic carbocycles. The normalized spacial score (nSPS) is 12.2. The predicted octanol–water partition coefficient (Wildman–Crippen LogP) is 3.73. The molecule has 1 heterocycles. The number of hydrogen-bond acceptors (Lipinski definition) is 3. The molecule has 1 aromatic heterocycles. The fraction of sp³-hybridized carbons (Fsp3) is 0.160. The van der Waals surface area contributed by atoms with Crippen LogP contribution in [0.2, 0.25) is 0 Å². The van der Waals surface area contributed by atoms with Crippen molar-refractivity contribution in [2.45, 2.75) is 13.1 Å². The van der Waals surface area contributed by atoms with Crippen LogP contribution in [0.25, 0.3) is 21.7 Å². The highest BCUT2D eigenvalue weighted by Gasteiger charge is 2.14. The molecule has 3 aromatic carbocycles. The Morgan fingerprint density at radius 1 is 1.03 bits per heavy atom. The zero-order valence-electron chi connectivity index (χ0n) is 16.5. The van der Waals surface area contributed by atoms with Gasteiger partial charge in [0.05, 0.1) is 7.05 Å².